The Morgan fingerprint density at radius 1 is 1.14 bits per heavy atom. The van der Waals surface area contributed by atoms with Crippen LogP contribution in [0.3, 0.4) is 0 Å². The van der Waals surface area contributed by atoms with Gasteiger partial charge in [-0.05, 0) is 17.7 Å². The second-order valence-corrected chi connectivity index (χ2v) is 4.67. The smallest absolute Gasteiger partial charge is 0.222 e. The molecule has 7 nitrogen and oxygen atoms in total. The van der Waals surface area contributed by atoms with E-state index in [2.05, 4.69) is 21.1 Å². The molecule has 108 valence electrons. The van der Waals surface area contributed by atoms with E-state index in [1.807, 2.05) is 18.2 Å². The summed E-state index contributed by atoms with van der Waals surface area (Å²) >= 11 is 0. The molecule has 2 aromatic heterocycles. The fraction of sp³-hybridized carbons (Fsp3) is 0.0667. The van der Waals surface area contributed by atoms with Crippen LogP contribution in [0, 0.1) is 11.3 Å². The van der Waals surface area contributed by atoms with Crippen LogP contribution in [-0.2, 0) is 6.42 Å². The molecule has 3 rings (SSSR count). The summed E-state index contributed by atoms with van der Waals surface area (Å²) in [4.78, 5) is 8.32. The maximum absolute atomic E-state index is 9.49. The second-order valence-electron chi connectivity index (χ2n) is 4.67. The quantitative estimate of drug-likeness (QED) is 0.702. The van der Waals surface area contributed by atoms with Crippen LogP contribution in [0.5, 0.6) is 0 Å². The average Bonchev–Trinajstić information content (AvgIpc) is 3.03. The van der Waals surface area contributed by atoms with Crippen molar-refractivity contribution in [3.63, 3.8) is 0 Å². The molecule has 0 amide bonds. The molecule has 0 spiro atoms. The highest BCUT2D eigenvalue weighted by molar-refractivity contribution is 5.53. The van der Waals surface area contributed by atoms with Crippen molar-refractivity contribution in [1.29, 1.82) is 5.26 Å². The van der Waals surface area contributed by atoms with Gasteiger partial charge < -0.3 is 11.5 Å². The largest absolute Gasteiger partial charge is 0.398 e. The lowest BCUT2D eigenvalue weighted by molar-refractivity contribution is 0.829. The Bertz CT molecular complexity index is 847. The zero-order valence-corrected chi connectivity index (χ0v) is 11.6. The fourth-order valence-corrected chi connectivity index (χ4v) is 2.19. The Morgan fingerprint density at radius 3 is 2.64 bits per heavy atom. The van der Waals surface area contributed by atoms with Gasteiger partial charge in [0.1, 0.15) is 11.6 Å². The van der Waals surface area contributed by atoms with Crippen LogP contribution in [0.1, 0.15) is 16.8 Å². The number of para-hydroxylation sites is 1. The molecule has 1 aromatic carbocycles. The van der Waals surface area contributed by atoms with Gasteiger partial charge in [-0.15, -0.1) is 0 Å². The summed E-state index contributed by atoms with van der Waals surface area (Å²) in [5, 5.41) is 13.6. The van der Waals surface area contributed by atoms with Gasteiger partial charge in [0.2, 0.25) is 5.95 Å². The molecule has 0 saturated heterocycles. The third-order valence-electron chi connectivity index (χ3n) is 3.23. The molecule has 0 unspecified atom stereocenters. The molecule has 7 heteroatoms. The number of rotatable bonds is 3. The Hall–Kier alpha value is -3.40. The maximum atomic E-state index is 9.49. The van der Waals surface area contributed by atoms with E-state index in [0.717, 1.165) is 5.56 Å². The topological polar surface area (TPSA) is 119 Å². The number of aromatic nitrogens is 4. The van der Waals surface area contributed by atoms with Gasteiger partial charge in [-0.1, -0.05) is 18.2 Å². The van der Waals surface area contributed by atoms with Crippen LogP contribution < -0.4 is 11.5 Å². The monoisotopic (exact) mass is 291 g/mol. The lowest BCUT2D eigenvalue weighted by atomic mass is 10.0. The van der Waals surface area contributed by atoms with Crippen LogP contribution in [0.2, 0.25) is 0 Å². The standard InChI is InChI=1S/C15H13N7/c16-9-11-13(8-10-4-1-2-5-12(10)17)20-15(18)21-14(11)22-7-3-6-19-22/h1-7H,8,17H2,(H2,18,20,21). The molecule has 3 aromatic rings. The molecular formula is C15H13N7. The minimum atomic E-state index is 0.0917. The number of benzene rings is 1. The van der Waals surface area contributed by atoms with Gasteiger partial charge in [-0.3, -0.25) is 0 Å². The van der Waals surface area contributed by atoms with Crippen molar-refractivity contribution >= 4 is 11.6 Å². The minimum absolute atomic E-state index is 0.0917. The first kappa shape index (κ1) is 13.6. The summed E-state index contributed by atoms with van der Waals surface area (Å²) in [6.45, 7) is 0. The molecule has 0 saturated carbocycles. The first-order valence-corrected chi connectivity index (χ1v) is 6.59. The first-order chi connectivity index (χ1) is 10.7. The molecule has 22 heavy (non-hydrogen) atoms. The van der Waals surface area contributed by atoms with Gasteiger partial charge in [0.05, 0.1) is 5.69 Å². The SMILES string of the molecule is N#Cc1c(Cc2ccccc2N)nc(N)nc1-n1cccn1. The molecule has 0 atom stereocenters. The Balaban J connectivity index is 2.12. The van der Waals surface area contributed by atoms with Gasteiger partial charge >= 0.3 is 0 Å². The molecule has 0 bridgehead atoms. The van der Waals surface area contributed by atoms with E-state index in [1.165, 1.54) is 4.68 Å². The zero-order chi connectivity index (χ0) is 15.5. The summed E-state index contributed by atoms with van der Waals surface area (Å²) in [6.07, 6.45) is 3.70. The number of nitriles is 1. The van der Waals surface area contributed by atoms with E-state index in [-0.39, 0.29) is 5.95 Å². The van der Waals surface area contributed by atoms with Crippen molar-refractivity contribution in [3.8, 4) is 11.9 Å². The lowest BCUT2D eigenvalue weighted by Gasteiger charge is -2.10. The van der Waals surface area contributed by atoms with E-state index in [9.17, 15) is 5.26 Å². The van der Waals surface area contributed by atoms with E-state index in [1.54, 1.807) is 24.5 Å². The molecule has 0 aliphatic heterocycles. The Morgan fingerprint density at radius 2 is 1.95 bits per heavy atom. The van der Waals surface area contributed by atoms with Crippen LogP contribution in [0.15, 0.2) is 42.7 Å². The van der Waals surface area contributed by atoms with E-state index in [0.29, 0.717) is 29.2 Å². The van der Waals surface area contributed by atoms with Gasteiger partial charge in [-0.25, -0.2) is 9.67 Å². The van der Waals surface area contributed by atoms with E-state index < -0.39 is 0 Å². The van der Waals surface area contributed by atoms with Gasteiger partial charge in [0, 0.05) is 24.5 Å². The second kappa shape index (κ2) is 5.54. The number of nitrogen functional groups attached to an aromatic ring is 2. The summed E-state index contributed by atoms with van der Waals surface area (Å²) in [5.41, 5.74) is 14.1. The molecule has 0 aliphatic carbocycles. The predicted octanol–water partition coefficient (Wildman–Crippen LogP) is 1.29. The highest BCUT2D eigenvalue weighted by Crippen LogP contribution is 2.21. The van der Waals surface area contributed by atoms with Crippen molar-refractivity contribution in [3.05, 3.63) is 59.5 Å². The van der Waals surface area contributed by atoms with Crippen LogP contribution >= 0.6 is 0 Å². The summed E-state index contributed by atoms with van der Waals surface area (Å²) in [5.74, 6) is 0.457. The van der Waals surface area contributed by atoms with Crippen LogP contribution in [-0.4, -0.2) is 19.7 Å². The molecular weight excluding hydrogens is 278 g/mol. The number of nitrogens with two attached hydrogens (primary N) is 2. The Kier molecular flexibility index (Phi) is 3.42. The predicted molar refractivity (Wildman–Crippen MR) is 81.9 cm³/mol. The maximum Gasteiger partial charge on any atom is 0.222 e. The summed E-state index contributed by atoms with van der Waals surface area (Å²) in [7, 11) is 0. The molecule has 0 radical (unpaired) electrons. The van der Waals surface area contributed by atoms with Crippen LogP contribution in [0.4, 0.5) is 11.6 Å². The minimum Gasteiger partial charge on any atom is -0.398 e. The average molecular weight is 291 g/mol. The van der Waals surface area contributed by atoms with Crippen molar-refractivity contribution in [2.75, 3.05) is 11.5 Å². The Labute approximate surface area is 126 Å². The molecule has 0 fully saturated rings. The first-order valence-electron chi connectivity index (χ1n) is 6.59. The number of hydrogen-bond acceptors (Lipinski definition) is 6. The van der Waals surface area contributed by atoms with Crippen LogP contribution in [0.25, 0.3) is 5.82 Å². The molecule has 2 heterocycles. The molecule has 4 N–H and O–H groups in total. The van der Waals surface area contributed by atoms with E-state index >= 15 is 0 Å². The lowest BCUT2D eigenvalue weighted by Crippen LogP contribution is -2.11. The van der Waals surface area contributed by atoms with Crippen molar-refractivity contribution < 1.29 is 0 Å². The summed E-state index contributed by atoms with van der Waals surface area (Å²) in [6, 6.07) is 11.3. The van der Waals surface area contributed by atoms with Crippen molar-refractivity contribution in [2.24, 2.45) is 0 Å². The highest BCUT2D eigenvalue weighted by atomic mass is 15.3. The normalized spacial score (nSPS) is 10.3. The highest BCUT2D eigenvalue weighted by Gasteiger charge is 2.16. The number of nitrogens with zero attached hydrogens (tertiary/aromatic N) is 5. The molecule has 0 aliphatic rings. The van der Waals surface area contributed by atoms with Gasteiger partial charge in [0.25, 0.3) is 0 Å². The van der Waals surface area contributed by atoms with Crippen molar-refractivity contribution in [2.45, 2.75) is 6.42 Å². The third-order valence-corrected chi connectivity index (χ3v) is 3.23. The van der Waals surface area contributed by atoms with Gasteiger partial charge in [-0.2, -0.15) is 15.3 Å². The third kappa shape index (κ3) is 2.45. The van der Waals surface area contributed by atoms with Gasteiger partial charge in [0.15, 0.2) is 5.82 Å². The number of hydrogen-bond donors (Lipinski definition) is 2. The van der Waals surface area contributed by atoms with Crippen molar-refractivity contribution in [1.82, 2.24) is 19.7 Å². The summed E-state index contributed by atoms with van der Waals surface area (Å²) < 4.78 is 1.49. The fourth-order valence-electron chi connectivity index (χ4n) is 2.19. The number of anilines is 2. The zero-order valence-electron chi connectivity index (χ0n) is 11.6. The van der Waals surface area contributed by atoms with E-state index in [4.69, 9.17) is 11.5 Å².